The molecule has 0 aliphatic heterocycles. The van der Waals surface area contributed by atoms with Crippen LogP contribution in [0.15, 0.2) is 0 Å². The average Bonchev–Trinajstić information content (AvgIpc) is 2.56. The molecule has 17 heavy (non-hydrogen) atoms. The first-order valence-electron chi connectivity index (χ1n) is 7.73. The fourth-order valence-corrected chi connectivity index (χ4v) is 2.95. The van der Waals surface area contributed by atoms with Gasteiger partial charge in [0, 0.05) is 6.04 Å². The zero-order valence-corrected chi connectivity index (χ0v) is 12.5. The standard InChI is InChI=1S/C16H33N/c1-14(2)9-7-5-6-8-12-17-15-10-11-16(3,4)13-15/h14-15,17H,5-13H2,1-4H3. The highest BCUT2D eigenvalue weighted by Gasteiger charge is 2.30. The molecule has 0 aromatic heterocycles. The van der Waals surface area contributed by atoms with E-state index in [4.69, 9.17) is 0 Å². The lowest BCUT2D eigenvalue weighted by Gasteiger charge is -2.17. The second-order valence-electron chi connectivity index (χ2n) is 7.15. The zero-order valence-electron chi connectivity index (χ0n) is 12.5. The highest BCUT2D eigenvalue weighted by Crippen LogP contribution is 2.36. The molecule has 1 heteroatoms. The van der Waals surface area contributed by atoms with Crippen LogP contribution in [0.25, 0.3) is 0 Å². The van der Waals surface area contributed by atoms with Crippen LogP contribution in [-0.2, 0) is 0 Å². The third kappa shape index (κ3) is 7.08. The predicted octanol–water partition coefficient (Wildman–Crippen LogP) is 4.76. The molecule has 0 amide bonds. The SMILES string of the molecule is CC(C)CCCCCCNC1CCC(C)(C)C1. The van der Waals surface area contributed by atoms with Gasteiger partial charge in [-0.15, -0.1) is 0 Å². The third-order valence-corrected chi connectivity index (χ3v) is 4.11. The molecule has 0 heterocycles. The van der Waals surface area contributed by atoms with Crippen LogP contribution in [0.2, 0.25) is 0 Å². The number of unbranched alkanes of at least 4 members (excludes halogenated alkanes) is 3. The highest BCUT2D eigenvalue weighted by atomic mass is 14.9. The fourth-order valence-electron chi connectivity index (χ4n) is 2.95. The summed E-state index contributed by atoms with van der Waals surface area (Å²) in [6.45, 7) is 10.7. The summed E-state index contributed by atoms with van der Waals surface area (Å²) in [6.07, 6.45) is 11.2. The minimum atomic E-state index is 0.592. The summed E-state index contributed by atoms with van der Waals surface area (Å²) in [7, 11) is 0. The molecule has 1 atom stereocenters. The van der Waals surface area contributed by atoms with Crippen LogP contribution in [0.5, 0.6) is 0 Å². The minimum absolute atomic E-state index is 0.592. The maximum absolute atomic E-state index is 3.74. The molecule has 0 spiro atoms. The van der Waals surface area contributed by atoms with Gasteiger partial charge in [-0.25, -0.2) is 0 Å². The monoisotopic (exact) mass is 239 g/mol. The van der Waals surface area contributed by atoms with Crippen molar-refractivity contribution >= 4 is 0 Å². The van der Waals surface area contributed by atoms with Gasteiger partial charge < -0.3 is 5.32 Å². The average molecular weight is 239 g/mol. The first-order valence-corrected chi connectivity index (χ1v) is 7.73. The lowest BCUT2D eigenvalue weighted by Crippen LogP contribution is -2.28. The molecule has 1 saturated carbocycles. The number of hydrogen-bond acceptors (Lipinski definition) is 1. The Labute approximate surface area is 109 Å². The first kappa shape index (κ1) is 15.0. The van der Waals surface area contributed by atoms with Crippen LogP contribution in [0, 0.1) is 11.3 Å². The molecule has 1 aliphatic rings. The van der Waals surface area contributed by atoms with Crippen LogP contribution in [-0.4, -0.2) is 12.6 Å². The van der Waals surface area contributed by atoms with E-state index in [1.165, 1.54) is 57.9 Å². The molecule has 102 valence electrons. The summed E-state index contributed by atoms with van der Waals surface area (Å²) in [5.41, 5.74) is 0.592. The smallest absolute Gasteiger partial charge is 0.00723 e. The Kier molecular flexibility index (Phi) is 6.54. The van der Waals surface area contributed by atoms with Crippen molar-refractivity contribution in [3.63, 3.8) is 0 Å². The van der Waals surface area contributed by atoms with Crippen LogP contribution < -0.4 is 5.32 Å². The molecular formula is C16H33N. The molecule has 1 unspecified atom stereocenters. The minimum Gasteiger partial charge on any atom is -0.314 e. The van der Waals surface area contributed by atoms with E-state index in [0.717, 1.165) is 12.0 Å². The summed E-state index contributed by atoms with van der Waals surface area (Å²) in [6, 6.07) is 0.806. The van der Waals surface area contributed by atoms with E-state index in [-0.39, 0.29) is 0 Å². The highest BCUT2D eigenvalue weighted by molar-refractivity contribution is 4.86. The zero-order chi connectivity index (χ0) is 12.7. The van der Waals surface area contributed by atoms with E-state index >= 15 is 0 Å². The van der Waals surface area contributed by atoms with Crippen LogP contribution in [0.1, 0.15) is 79.1 Å². The maximum atomic E-state index is 3.74. The van der Waals surface area contributed by atoms with Gasteiger partial charge in [-0.05, 0) is 43.6 Å². The molecule has 1 rings (SSSR count). The van der Waals surface area contributed by atoms with Crippen molar-refractivity contribution in [3.05, 3.63) is 0 Å². The Balaban J connectivity index is 1.88. The van der Waals surface area contributed by atoms with E-state index in [0.29, 0.717) is 5.41 Å². The molecule has 0 saturated heterocycles. The molecule has 1 nitrogen and oxygen atoms in total. The number of hydrogen-bond donors (Lipinski definition) is 1. The van der Waals surface area contributed by atoms with E-state index in [1.54, 1.807) is 0 Å². The summed E-state index contributed by atoms with van der Waals surface area (Å²) < 4.78 is 0. The lowest BCUT2D eigenvalue weighted by atomic mass is 9.92. The summed E-state index contributed by atoms with van der Waals surface area (Å²) in [4.78, 5) is 0. The van der Waals surface area contributed by atoms with Crippen molar-refractivity contribution in [1.82, 2.24) is 5.32 Å². The van der Waals surface area contributed by atoms with Gasteiger partial charge in [0.1, 0.15) is 0 Å². The van der Waals surface area contributed by atoms with Crippen LogP contribution >= 0.6 is 0 Å². The third-order valence-electron chi connectivity index (χ3n) is 4.11. The Morgan fingerprint density at radius 1 is 1.12 bits per heavy atom. The second-order valence-corrected chi connectivity index (χ2v) is 7.15. The molecule has 0 radical (unpaired) electrons. The largest absolute Gasteiger partial charge is 0.314 e. The number of nitrogens with one attached hydrogen (secondary N) is 1. The van der Waals surface area contributed by atoms with E-state index in [2.05, 4.69) is 33.0 Å². The molecule has 1 aliphatic carbocycles. The molecular weight excluding hydrogens is 206 g/mol. The van der Waals surface area contributed by atoms with Gasteiger partial charge >= 0.3 is 0 Å². The molecule has 0 aromatic rings. The lowest BCUT2D eigenvalue weighted by molar-refractivity contribution is 0.363. The van der Waals surface area contributed by atoms with Crippen molar-refractivity contribution in [3.8, 4) is 0 Å². The van der Waals surface area contributed by atoms with E-state index in [9.17, 15) is 0 Å². The number of rotatable bonds is 8. The summed E-state index contributed by atoms with van der Waals surface area (Å²) in [5.74, 6) is 0.883. The molecule has 1 fully saturated rings. The predicted molar refractivity (Wildman–Crippen MR) is 77.3 cm³/mol. The van der Waals surface area contributed by atoms with Gasteiger partial charge in [0.15, 0.2) is 0 Å². The van der Waals surface area contributed by atoms with Gasteiger partial charge in [-0.2, -0.15) is 0 Å². The van der Waals surface area contributed by atoms with Gasteiger partial charge in [0.2, 0.25) is 0 Å². The summed E-state index contributed by atoms with van der Waals surface area (Å²) >= 11 is 0. The second kappa shape index (κ2) is 7.41. The quantitative estimate of drug-likeness (QED) is 0.602. The van der Waals surface area contributed by atoms with Gasteiger partial charge in [-0.1, -0.05) is 53.4 Å². The van der Waals surface area contributed by atoms with Crippen molar-refractivity contribution in [2.75, 3.05) is 6.54 Å². The summed E-state index contributed by atoms with van der Waals surface area (Å²) in [5, 5.41) is 3.74. The Hall–Kier alpha value is -0.0400. The van der Waals surface area contributed by atoms with Crippen molar-refractivity contribution in [2.24, 2.45) is 11.3 Å². The topological polar surface area (TPSA) is 12.0 Å². The Morgan fingerprint density at radius 2 is 1.82 bits per heavy atom. The normalized spacial score (nSPS) is 23.5. The van der Waals surface area contributed by atoms with Crippen LogP contribution in [0.4, 0.5) is 0 Å². The first-order chi connectivity index (χ1) is 7.99. The Bertz CT molecular complexity index is 196. The van der Waals surface area contributed by atoms with Gasteiger partial charge in [-0.3, -0.25) is 0 Å². The van der Waals surface area contributed by atoms with Crippen molar-refractivity contribution in [2.45, 2.75) is 85.1 Å². The van der Waals surface area contributed by atoms with Crippen LogP contribution in [0.3, 0.4) is 0 Å². The Morgan fingerprint density at radius 3 is 2.41 bits per heavy atom. The maximum Gasteiger partial charge on any atom is 0.00723 e. The van der Waals surface area contributed by atoms with Crippen molar-refractivity contribution in [1.29, 1.82) is 0 Å². The van der Waals surface area contributed by atoms with Gasteiger partial charge in [0.05, 0.1) is 0 Å². The van der Waals surface area contributed by atoms with Gasteiger partial charge in [0.25, 0.3) is 0 Å². The molecule has 1 N–H and O–H groups in total. The van der Waals surface area contributed by atoms with Crippen molar-refractivity contribution < 1.29 is 0 Å². The molecule has 0 aromatic carbocycles. The van der Waals surface area contributed by atoms with E-state index < -0.39 is 0 Å². The molecule has 0 bridgehead atoms. The van der Waals surface area contributed by atoms with E-state index in [1.807, 2.05) is 0 Å². The fraction of sp³-hybridized carbons (Fsp3) is 1.00.